The van der Waals surface area contributed by atoms with Gasteiger partial charge in [0.1, 0.15) is 0 Å². The monoisotopic (exact) mass is 230 g/mol. The van der Waals surface area contributed by atoms with Gasteiger partial charge in [-0.25, -0.2) is 0 Å². The minimum Gasteiger partial charge on any atom is -0.466 e. The van der Waals surface area contributed by atoms with Crippen molar-refractivity contribution in [3.05, 3.63) is 0 Å². The topological polar surface area (TPSA) is 58.6 Å². The van der Waals surface area contributed by atoms with Crippen LogP contribution in [0, 0.1) is 0 Å². The molecule has 94 valence electrons. The van der Waals surface area contributed by atoms with E-state index in [0.717, 1.165) is 0 Å². The SMILES string of the molecule is CCNC(=O)CN(C)C(C)CC(=O)OCC. The Balaban J connectivity index is 3.93. The lowest BCUT2D eigenvalue weighted by Crippen LogP contribution is -2.40. The van der Waals surface area contributed by atoms with E-state index < -0.39 is 0 Å². The maximum absolute atomic E-state index is 11.3. The second-order valence-corrected chi connectivity index (χ2v) is 3.73. The maximum Gasteiger partial charge on any atom is 0.307 e. The van der Waals surface area contributed by atoms with Crippen molar-refractivity contribution in [2.45, 2.75) is 33.2 Å². The highest BCUT2D eigenvalue weighted by atomic mass is 16.5. The second kappa shape index (κ2) is 8.10. The molecule has 0 rings (SSSR count). The Bertz CT molecular complexity index is 207. The molecule has 1 atom stereocenters. The fraction of sp³-hybridized carbons (Fsp3) is 0.818. The molecule has 0 aromatic rings. The molecule has 0 aliphatic heterocycles. The molecule has 1 unspecified atom stereocenters. The zero-order valence-corrected chi connectivity index (χ0v) is 10.6. The van der Waals surface area contributed by atoms with Gasteiger partial charge in [0, 0.05) is 12.6 Å². The van der Waals surface area contributed by atoms with E-state index in [-0.39, 0.29) is 17.9 Å². The number of ether oxygens (including phenoxy) is 1. The van der Waals surface area contributed by atoms with Gasteiger partial charge >= 0.3 is 5.97 Å². The molecule has 5 heteroatoms. The van der Waals surface area contributed by atoms with Crippen LogP contribution in [0.15, 0.2) is 0 Å². The van der Waals surface area contributed by atoms with E-state index in [9.17, 15) is 9.59 Å². The number of esters is 1. The van der Waals surface area contributed by atoms with Crippen LogP contribution in [-0.2, 0) is 14.3 Å². The quantitative estimate of drug-likeness (QED) is 0.643. The van der Waals surface area contributed by atoms with Gasteiger partial charge in [-0.05, 0) is 27.8 Å². The number of carbonyl (C=O) groups excluding carboxylic acids is 2. The van der Waals surface area contributed by atoms with E-state index in [0.29, 0.717) is 26.1 Å². The van der Waals surface area contributed by atoms with Crippen LogP contribution in [0.1, 0.15) is 27.2 Å². The van der Waals surface area contributed by atoms with Gasteiger partial charge in [0.05, 0.1) is 19.6 Å². The summed E-state index contributed by atoms with van der Waals surface area (Å²) < 4.78 is 4.85. The minimum absolute atomic E-state index is 0.00153. The predicted molar refractivity (Wildman–Crippen MR) is 62.0 cm³/mol. The molecule has 0 fully saturated rings. The Hall–Kier alpha value is -1.10. The zero-order valence-electron chi connectivity index (χ0n) is 10.6. The van der Waals surface area contributed by atoms with Gasteiger partial charge in [-0.2, -0.15) is 0 Å². The van der Waals surface area contributed by atoms with Gasteiger partial charge in [-0.3, -0.25) is 14.5 Å². The van der Waals surface area contributed by atoms with E-state index in [2.05, 4.69) is 5.32 Å². The minimum atomic E-state index is -0.224. The highest BCUT2D eigenvalue weighted by Gasteiger charge is 2.16. The Kier molecular flexibility index (Phi) is 7.54. The molecule has 1 N–H and O–H groups in total. The first-order valence-corrected chi connectivity index (χ1v) is 5.63. The van der Waals surface area contributed by atoms with Crippen molar-refractivity contribution >= 4 is 11.9 Å². The molecule has 1 amide bonds. The van der Waals surface area contributed by atoms with Crippen LogP contribution in [0.25, 0.3) is 0 Å². The first-order valence-electron chi connectivity index (χ1n) is 5.63. The van der Waals surface area contributed by atoms with Crippen LogP contribution in [0.5, 0.6) is 0 Å². The van der Waals surface area contributed by atoms with Gasteiger partial charge in [-0.1, -0.05) is 0 Å². The number of amides is 1. The van der Waals surface area contributed by atoms with E-state index >= 15 is 0 Å². The molecule has 0 saturated heterocycles. The average Bonchev–Trinajstić information content (AvgIpc) is 2.17. The van der Waals surface area contributed by atoms with E-state index in [1.165, 1.54) is 0 Å². The summed E-state index contributed by atoms with van der Waals surface area (Å²) in [4.78, 5) is 24.4. The fourth-order valence-electron chi connectivity index (χ4n) is 1.25. The Morgan fingerprint density at radius 1 is 1.38 bits per heavy atom. The summed E-state index contributed by atoms with van der Waals surface area (Å²) in [5.41, 5.74) is 0. The van der Waals surface area contributed by atoms with Crippen molar-refractivity contribution in [2.75, 3.05) is 26.7 Å². The van der Waals surface area contributed by atoms with Crippen molar-refractivity contribution in [1.82, 2.24) is 10.2 Å². The summed E-state index contributed by atoms with van der Waals surface area (Å²) in [7, 11) is 1.82. The Labute approximate surface area is 97.1 Å². The van der Waals surface area contributed by atoms with Crippen LogP contribution < -0.4 is 5.32 Å². The smallest absolute Gasteiger partial charge is 0.307 e. The van der Waals surface area contributed by atoms with E-state index in [4.69, 9.17) is 4.74 Å². The fourth-order valence-corrected chi connectivity index (χ4v) is 1.25. The molecule has 0 aromatic heterocycles. The van der Waals surface area contributed by atoms with Gasteiger partial charge in [-0.15, -0.1) is 0 Å². The maximum atomic E-state index is 11.3. The molecule has 0 bridgehead atoms. The normalized spacial score (nSPS) is 12.3. The van der Waals surface area contributed by atoms with Gasteiger partial charge in [0.15, 0.2) is 0 Å². The molecule has 0 saturated carbocycles. The summed E-state index contributed by atoms with van der Waals surface area (Å²) in [6, 6.07) is 0.00153. The summed E-state index contributed by atoms with van der Waals surface area (Å²) in [5, 5.41) is 2.71. The van der Waals surface area contributed by atoms with Crippen molar-refractivity contribution in [2.24, 2.45) is 0 Å². The number of nitrogens with one attached hydrogen (secondary N) is 1. The summed E-state index contributed by atoms with van der Waals surface area (Å²) in [6.07, 6.45) is 0.309. The molecule has 5 nitrogen and oxygen atoms in total. The first-order chi connectivity index (χ1) is 7.51. The highest BCUT2D eigenvalue weighted by molar-refractivity contribution is 5.78. The molecule has 0 heterocycles. The number of likely N-dealkylation sites (N-methyl/N-ethyl adjacent to an activating group) is 2. The standard InChI is InChI=1S/C11H22N2O3/c1-5-12-10(14)8-13(4)9(3)7-11(15)16-6-2/h9H,5-8H2,1-4H3,(H,12,14). The molecule has 0 aliphatic rings. The number of carbonyl (C=O) groups is 2. The van der Waals surface area contributed by atoms with Crippen LogP contribution >= 0.6 is 0 Å². The second-order valence-electron chi connectivity index (χ2n) is 3.73. The van der Waals surface area contributed by atoms with Gasteiger partial charge in [0.25, 0.3) is 0 Å². The predicted octanol–water partition coefficient (Wildman–Crippen LogP) is 0.396. The lowest BCUT2D eigenvalue weighted by atomic mass is 10.2. The Morgan fingerprint density at radius 3 is 2.50 bits per heavy atom. The van der Waals surface area contributed by atoms with E-state index in [1.807, 2.05) is 25.8 Å². The molecule has 16 heavy (non-hydrogen) atoms. The third-order valence-corrected chi connectivity index (χ3v) is 2.29. The number of hydrogen-bond donors (Lipinski definition) is 1. The molecular weight excluding hydrogens is 208 g/mol. The number of nitrogens with zero attached hydrogens (tertiary/aromatic N) is 1. The van der Waals surface area contributed by atoms with Crippen LogP contribution in [-0.4, -0.2) is 49.6 Å². The molecule has 0 aromatic carbocycles. The summed E-state index contributed by atoms with van der Waals surface area (Å²) in [5.74, 6) is -0.251. The summed E-state index contributed by atoms with van der Waals surface area (Å²) >= 11 is 0. The summed E-state index contributed by atoms with van der Waals surface area (Å²) in [6.45, 7) is 6.87. The van der Waals surface area contributed by atoms with Gasteiger partial charge in [0.2, 0.25) is 5.91 Å². The first kappa shape index (κ1) is 14.9. The van der Waals surface area contributed by atoms with Crippen molar-refractivity contribution in [3.8, 4) is 0 Å². The van der Waals surface area contributed by atoms with Crippen molar-refractivity contribution < 1.29 is 14.3 Å². The van der Waals surface area contributed by atoms with Crippen LogP contribution in [0.3, 0.4) is 0 Å². The number of rotatable bonds is 7. The largest absolute Gasteiger partial charge is 0.466 e. The average molecular weight is 230 g/mol. The molecule has 0 spiro atoms. The lowest BCUT2D eigenvalue weighted by Gasteiger charge is -2.23. The Morgan fingerprint density at radius 2 is 2.00 bits per heavy atom. The highest BCUT2D eigenvalue weighted by Crippen LogP contribution is 2.02. The van der Waals surface area contributed by atoms with Crippen molar-refractivity contribution in [3.63, 3.8) is 0 Å². The molecule has 0 aliphatic carbocycles. The van der Waals surface area contributed by atoms with Crippen LogP contribution in [0.2, 0.25) is 0 Å². The molecule has 0 radical (unpaired) electrons. The lowest BCUT2D eigenvalue weighted by molar-refractivity contribution is -0.144. The molecular formula is C11H22N2O3. The third-order valence-electron chi connectivity index (χ3n) is 2.29. The van der Waals surface area contributed by atoms with Crippen molar-refractivity contribution in [1.29, 1.82) is 0 Å². The van der Waals surface area contributed by atoms with Gasteiger partial charge < -0.3 is 10.1 Å². The third kappa shape index (κ3) is 6.40. The van der Waals surface area contributed by atoms with E-state index in [1.54, 1.807) is 6.92 Å². The zero-order chi connectivity index (χ0) is 12.6. The number of hydrogen-bond acceptors (Lipinski definition) is 4. The van der Waals surface area contributed by atoms with Crippen LogP contribution in [0.4, 0.5) is 0 Å².